The third kappa shape index (κ3) is 5.45. The molecule has 0 N–H and O–H groups in total. The summed E-state index contributed by atoms with van der Waals surface area (Å²) in [5.74, 6) is 0. The molecule has 11 aromatic carbocycles. The second-order valence-corrected chi connectivity index (χ2v) is 18.0. The van der Waals surface area contributed by atoms with Crippen molar-refractivity contribution in [1.82, 2.24) is 4.57 Å². The van der Waals surface area contributed by atoms with E-state index in [2.05, 4.69) is 264 Å². The number of hydrogen-bond donors (Lipinski definition) is 0. The van der Waals surface area contributed by atoms with Crippen molar-refractivity contribution in [2.45, 2.75) is 5.41 Å². The molecule has 1 aliphatic carbocycles. The van der Waals surface area contributed by atoms with E-state index < -0.39 is 5.41 Å². The number of aromatic nitrogens is 1. The van der Waals surface area contributed by atoms with Gasteiger partial charge in [-0.3, -0.25) is 0 Å². The molecule has 2 aliphatic rings. The first-order valence-corrected chi connectivity index (χ1v) is 23.3. The average molecular weight is 851 g/mol. The summed E-state index contributed by atoms with van der Waals surface area (Å²) in [6.07, 6.45) is 0. The molecular weight excluding hydrogens is 809 g/mol. The number of rotatable bonds is 6. The maximum absolute atomic E-state index is 2.52. The molecule has 14 rings (SSSR count). The first-order valence-electron chi connectivity index (χ1n) is 23.3. The van der Waals surface area contributed by atoms with Crippen LogP contribution in [0.2, 0.25) is 0 Å². The minimum atomic E-state index is -0.493. The molecule has 2 nitrogen and oxygen atoms in total. The molecular formula is C65H42N2. The monoisotopic (exact) mass is 850 g/mol. The topological polar surface area (TPSA) is 8.17 Å². The molecule has 0 fully saturated rings. The summed E-state index contributed by atoms with van der Waals surface area (Å²) in [6, 6.07) is 94.2. The Morgan fingerprint density at radius 1 is 0.313 bits per heavy atom. The molecule has 1 atom stereocenters. The summed E-state index contributed by atoms with van der Waals surface area (Å²) in [4.78, 5) is 2.41. The average Bonchev–Trinajstić information content (AvgIpc) is 3.89. The van der Waals surface area contributed by atoms with Gasteiger partial charge in [0.25, 0.3) is 0 Å². The second kappa shape index (κ2) is 14.7. The van der Waals surface area contributed by atoms with Crippen molar-refractivity contribution in [2.75, 3.05) is 4.90 Å². The molecule has 1 aliphatic heterocycles. The van der Waals surface area contributed by atoms with Crippen LogP contribution in [0.5, 0.6) is 0 Å². The number of fused-ring (bicyclic) bond motifs is 13. The van der Waals surface area contributed by atoms with Gasteiger partial charge in [-0.15, -0.1) is 0 Å². The van der Waals surface area contributed by atoms with E-state index in [1.165, 1.54) is 105 Å². The lowest BCUT2D eigenvalue weighted by atomic mass is 9.65. The molecule has 2 heterocycles. The van der Waals surface area contributed by atoms with Crippen LogP contribution < -0.4 is 4.90 Å². The van der Waals surface area contributed by atoms with E-state index in [1.54, 1.807) is 0 Å². The fourth-order valence-corrected chi connectivity index (χ4v) is 11.8. The van der Waals surface area contributed by atoms with Crippen molar-refractivity contribution in [3.8, 4) is 50.2 Å². The summed E-state index contributed by atoms with van der Waals surface area (Å²) in [7, 11) is 0. The van der Waals surface area contributed by atoms with Crippen molar-refractivity contribution >= 4 is 49.6 Å². The summed E-state index contributed by atoms with van der Waals surface area (Å²) >= 11 is 0. The second-order valence-electron chi connectivity index (χ2n) is 18.0. The lowest BCUT2D eigenvalue weighted by molar-refractivity contribution is 0.749. The predicted octanol–water partition coefficient (Wildman–Crippen LogP) is 17.1. The predicted molar refractivity (Wildman–Crippen MR) is 280 cm³/mol. The Kier molecular flexibility index (Phi) is 8.23. The Bertz CT molecular complexity index is 3940. The van der Waals surface area contributed by atoms with Gasteiger partial charge in [0, 0.05) is 27.7 Å². The van der Waals surface area contributed by atoms with Crippen LogP contribution in [0.4, 0.5) is 17.1 Å². The summed E-state index contributed by atoms with van der Waals surface area (Å²) in [5, 5.41) is 4.97. The first-order chi connectivity index (χ1) is 33.3. The number of nitrogens with zero attached hydrogens (tertiary/aromatic N) is 2. The van der Waals surface area contributed by atoms with Crippen LogP contribution in [-0.2, 0) is 5.41 Å². The molecule has 0 bridgehead atoms. The van der Waals surface area contributed by atoms with Crippen LogP contribution in [0.3, 0.4) is 0 Å². The van der Waals surface area contributed by atoms with Crippen molar-refractivity contribution in [3.05, 3.63) is 277 Å². The number of hydrogen-bond acceptors (Lipinski definition) is 1. The SMILES string of the molecule is c1ccc(-c2ccccc2-c2ccccc2N(c2ccccc2)c2ccc3cc(-c4ccc5c(c4)C4(c6ccccc6-5)c5ccccc5-n5c6ccccc6c6cccc4c65)ccc3c2)cc1. The van der Waals surface area contributed by atoms with Crippen LogP contribution in [0.25, 0.3) is 82.8 Å². The van der Waals surface area contributed by atoms with Gasteiger partial charge in [-0.1, -0.05) is 200 Å². The Morgan fingerprint density at radius 2 is 0.910 bits per heavy atom. The minimum absolute atomic E-state index is 0.493. The molecule has 0 saturated carbocycles. The maximum Gasteiger partial charge on any atom is 0.0754 e. The molecule has 0 amide bonds. The highest BCUT2D eigenvalue weighted by Gasteiger charge is 2.50. The van der Waals surface area contributed by atoms with Gasteiger partial charge >= 0.3 is 0 Å². The van der Waals surface area contributed by atoms with Crippen molar-refractivity contribution < 1.29 is 0 Å². The third-order valence-electron chi connectivity index (χ3n) is 14.6. The van der Waals surface area contributed by atoms with Gasteiger partial charge in [0.05, 0.1) is 27.8 Å². The Hall–Kier alpha value is -8.72. The van der Waals surface area contributed by atoms with Gasteiger partial charge < -0.3 is 9.47 Å². The van der Waals surface area contributed by atoms with Gasteiger partial charge in [-0.05, 0) is 127 Å². The first kappa shape index (κ1) is 37.6. The fraction of sp³-hybridized carbons (Fsp3) is 0.0154. The largest absolute Gasteiger partial charge is 0.310 e. The van der Waals surface area contributed by atoms with Crippen LogP contribution in [0.15, 0.2) is 255 Å². The van der Waals surface area contributed by atoms with Crippen molar-refractivity contribution in [2.24, 2.45) is 0 Å². The highest BCUT2D eigenvalue weighted by molar-refractivity contribution is 6.13. The van der Waals surface area contributed by atoms with E-state index >= 15 is 0 Å². The van der Waals surface area contributed by atoms with E-state index in [0.29, 0.717) is 0 Å². The molecule has 67 heavy (non-hydrogen) atoms. The van der Waals surface area contributed by atoms with E-state index in [9.17, 15) is 0 Å². The van der Waals surface area contributed by atoms with Crippen molar-refractivity contribution in [1.29, 1.82) is 0 Å². The van der Waals surface area contributed by atoms with E-state index in [-0.39, 0.29) is 0 Å². The Balaban J connectivity index is 0.918. The summed E-state index contributed by atoms with van der Waals surface area (Å²) in [5.41, 5.74) is 21.8. The Labute approximate surface area is 389 Å². The summed E-state index contributed by atoms with van der Waals surface area (Å²) in [6.45, 7) is 0. The molecule has 1 spiro atoms. The summed E-state index contributed by atoms with van der Waals surface area (Å²) < 4.78 is 2.52. The third-order valence-corrected chi connectivity index (χ3v) is 14.6. The lowest BCUT2D eigenvalue weighted by Crippen LogP contribution is -2.33. The zero-order valence-electron chi connectivity index (χ0n) is 36.6. The zero-order chi connectivity index (χ0) is 44.1. The maximum atomic E-state index is 2.52. The standard InChI is InChI=1S/C65H42N2/c1-3-18-43(19-4-1)50-22-7-8-23-51(50)54-25-10-14-31-61(54)66(48-20-5-2-6-21-48)49-38-36-45-40-44(34-35-46(45)41-49)47-37-39-53-52-24-9-12-28-57(52)65(60(53)42-47)58-29-13-16-33-63(58)67-62-32-15-11-26-55(62)56-27-17-30-59(65)64(56)67/h1-42H. The van der Waals surface area contributed by atoms with Crippen LogP contribution >= 0.6 is 0 Å². The molecule has 0 radical (unpaired) electrons. The van der Waals surface area contributed by atoms with Gasteiger partial charge in [-0.25, -0.2) is 0 Å². The van der Waals surface area contributed by atoms with Gasteiger partial charge in [-0.2, -0.15) is 0 Å². The molecule has 12 aromatic rings. The molecule has 312 valence electrons. The lowest BCUT2D eigenvalue weighted by Gasteiger charge is -2.39. The van der Waals surface area contributed by atoms with Crippen LogP contribution in [-0.4, -0.2) is 4.57 Å². The van der Waals surface area contributed by atoms with Gasteiger partial charge in [0.2, 0.25) is 0 Å². The van der Waals surface area contributed by atoms with Gasteiger partial charge in [0.1, 0.15) is 0 Å². The van der Waals surface area contributed by atoms with Crippen molar-refractivity contribution in [3.63, 3.8) is 0 Å². The molecule has 1 aromatic heterocycles. The smallest absolute Gasteiger partial charge is 0.0754 e. The zero-order valence-corrected chi connectivity index (χ0v) is 36.6. The van der Waals surface area contributed by atoms with Gasteiger partial charge in [0.15, 0.2) is 0 Å². The van der Waals surface area contributed by atoms with E-state index in [1.807, 2.05) is 0 Å². The van der Waals surface area contributed by atoms with Crippen LogP contribution in [0, 0.1) is 0 Å². The van der Waals surface area contributed by atoms with E-state index in [0.717, 1.165) is 17.1 Å². The number of benzene rings is 11. The molecule has 1 unspecified atom stereocenters. The molecule has 2 heteroatoms. The Morgan fingerprint density at radius 3 is 1.78 bits per heavy atom. The number of anilines is 3. The normalized spacial score (nSPS) is 14.3. The highest BCUT2D eigenvalue weighted by atomic mass is 15.1. The molecule has 0 saturated heterocycles. The van der Waals surface area contributed by atoms with Crippen LogP contribution in [0.1, 0.15) is 22.3 Å². The number of para-hydroxylation sites is 5. The minimum Gasteiger partial charge on any atom is -0.310 e. The fourth-order valence-electron chi connectivity index (χ4n) is 11.8. The quantitative estimate of drug-likeness (QED) is 0.162. The highest BCUT2D eigenvalue weighted by Crippen LogP contribution is 2.61. The van der Waals surface area contributed by atoms with E-state index in [4.69, 9.17) is 0 Å².